The van der Waals surface area contributed by atoms with Crippen LogP contribution in [0.1, 0.15) is 162 Å². The van der Waals surface area contributed by atoms with E-state index >= 15 is 0 Å². The first-order valence-electron chi connectivity index (χ1n) is 21.7. The normalized spacial score (nSPS) is 21.0. The SMILES string of the molecule is CC/C=C/C/C=C/C/C=C/C/C=C/CCCCC(=O)O[C@H](COC(=O)CCCCCCCCCCCCCCCC)CO[C@H]1O[C@H](CS(=O)(=O)O)[C@@H](O)C(O)C1O. The highest BCUT2D eigenvalue weighted by molar-refractivity contribution is 7.85. The van der Waals surface area contributed by atoms with Crippen LogP contribution >= 0.6 is 0 Å². The highest BCUT2D eigenvalue weighted by atomic mass is 32.2. The van der Waals surface area contributed by atoms with Crippen molar-refractivity contribution < 1.29 is 56.8 Å². The van der Waals surface area contributed by atoms with E-state index in [4.69, 9.17) is 18.9 Å². The largest absolute Gasteiger partial charge is 0.462 e. The Bertz CT molecular complexity index is 1250. The van der Waals surface area contributed by atoms with E-state index in [0.29, 0.717) is 12.8 Å². The van der Waals surface area contributed by atoms with E-state index in [1.54, 1.807) is 0 Å². The number of carbonyl (C=O) groups is 2. The number of ether oxygens (including phenoxy) is 4. The van der Waals surface area contributed by atoms with Gasteiger partial charge in [0.25, 0.3) is 10.1 Å². The Labute approximate surface area is 343 Å². The molecule has 4 N–H and O–H groups in total. The van der Waals surface area contributed by atoms with Gasteiger partial charge in [0.05, 0.1) is 6.61 Å². The van der Waals surface area contributed by atoms with Crippen LogP contribution in [0.15, 0.2) is 48.6 Å². The minimum Gasteiger partial charge on any atom is -0.462 e. The molecule has 0 bridgehead atoms. The fourth-order valence-electron chi connectivity index (χ4n) is 6.31. The monoisotopic (exact) mass is 829 g/mol. The summed E-state index contributed by atoms with van der Waals surface area (Å²) in [5, 5.41) is 30.8. The second-order valence-corrected chi connectivity index (χ2v) is 16.5. The van der Waals surface area contributed by atoms with Crippen molar-refractivity contribution in [2.24, 2.45) is 0 Å². The van der Waals surface area contributed by atoms with Crippen molar-refractivity contribution >= 4 is 22.1 Å². The van der Waals surface area contributed by atoms with Crippen LogP contribution in [0.3, 0.4) is 0 Å². The third-order valence-corrected chi connectivity index (χ3v) is 10.4. The molecule has 0 radical (unpaired) electrons. The van der Waals surface area contributed by atoms with Crippen LogP contribution in [0.25, 0.3) is 0 Å². The molecule has 1 fully saturated rings. The summed E-state index contributed by atoms with van der Waals surface area (Å²) in [6, 6.07) is 0. The quantitative estimate of drug-likeness (QED) is 0.0207. The maximum Gasteiger partial charge on any atom is 0.306 e. The fraction of sp³-hybridized carbons (Fsp3) is 0.773. The van der Waals surface area contributed by atoms with Gasteiger partial charge in [-0.25, -0.2) is 0 Å². The van der Waals surface area contributed by atoms with Gasteiger partial charge in [-0.05, 0) is 51.4 Å². The van der Waals surface area contributed by atoms with Gasteiger partial charge in [-0.15, -0.1) is 0 Å². The molecule has 1 aliphatic rings. The molecule has 1 saturated heterocycles. The predicted molar refractivity (Wildman–Crippen MR) is 224 cm³/mol. The van der Waals surface area contributed by atoms with Gasteiger partial charge in [0, 0.05) is 12.8 Å². The molecule has 13 heteroatoms. The van der Waals surface area contributed by atoms with Crippen LogP contribution in [0.5, 0.6) is 0 Å². The summed E-state index contributed by atoms with van der Waals surface area (Å²) in [5.74, 6) is -2.04. The highest BCUT2D eigenvalue weighted by Crippen LogP contribution is 2.24. The van der Waals surface area contributed by atoms with E-state index in [2.05, 4.69) is 62.5 Å². The summed E-state index contributed by atoms with van der Waals surface area (Å²) >= 11 is 0. The van der Waals surface area contributed by atoms with Crippen molar-refractivity contribution in [3.63, 3.8) is 0 Å². The number of rotatable bonds is 35. The van der Waals surface area contributed by atoms with Gasteiger partial charge in [0.15, 0.2) is 12.4 Å². The van der Waals surface area contributed by atoms with E-state index in [9.17, 15) is 37.9 Å². The first-order valence-corrected chi connectivity index (χ1v) is 23.3. The summed E-state index contributed by atoms with van der Waals surface area (Å²) in [6.45, 7) is 3.60. The minimum absolute atomic E-state index is 0.112. The van der Waals surface area contributed by atoms with E-state index in [-0.39, 0.29) is 19.4 Å². The molecule has 1 aliphatic heterocycles. The molecular formula is C44H76O12S. The van der Waals surface area contributed by atoms with Crippen molar-refractivity contribution in [1.82, 2.24) is 0 Å². The molecule has 0 aromatic carbocycles. The Morgan fingerprint density at radius 3 is 1.65 bits per heavy atom. The number of carbonyl (C=O) groups excluding carboxylic acids is 2. The molecule has 0 aliphatic carbocycles. The predicted octanol–water partition coefficient (Wildman–Crippen LogP) is 8.39. The molecule has 0 saturated carbocycles. The molecule has 0 amide bonds. The van der Waals surface area contributed by atoms with Crippen LogP contribution in [0, 0.1) is 0 Å². The average Bonchev–Trinajstić information content (AvgIpc) is 3.17. The molecule has 0 aromatic heterocycles. The Kier molecular flexibility index (Phi) is 31.8. The molecule has 330 valence electrons. The molecule has 1 rings (SSSR count). The van der Waals surface area contributed by atoms with Crippen molar-refractivity contribution in [1.29, 1.82) is 0 Å². The lowest BCUT2D eigenvalue weighted by atomic mass is 10.00. The van der Waals surface area contributed by atoms with Crippen LogP contribution in [0.4, 0.5) is 0 Å². The van der Waals surface area contributed by atoms with E-state index in [1.165, 1.54) is 64.2 Å². The first kappa shape index (κ1) is 52.6. The number of allylic oxidation sites excluding steroid dienone is 8. The number of aliphatic hydroxyl groups excluding tert-OH is 3. The van der Waals surface area contributed by atoms with E-state index in [1.807, 2.05) is 0 Å². The Morgan fingerprint density at radius 2 is 1.11 bits per heavy atom. The molecule has 1 heterocycles. The topological polar surface area (TPSA) is 186 Å². The molecular weight excluding hydrogens is 753 g/mol. The summed E-state index contributed by atoms with van der Waals surface area (Å²) < 4.78 is 53.9. The lowest BCUT2D eigenvalue weighted by molar-refractivity contribution is -0.297. The summed E-state index contributed by atoms with van der Waals surface area (Å²) in [5.41, 5.74) is 0. The summed E-state index contributed by atoms with van der Waals surface area (Å²) in [4.78, 5) is 25.3. The maximum atomic E-state index is 12.8. The highest BCUT2D eigenvalue weighted by Gasteiger charge is 2.46. The Balaban J connectivity index is 2.50. The van der Waals surface area contributed by atoms with Gasteiger partial charge in [-0.3, -0.25) is 14.1 Å². The third-order valence-electron chi connectivity index (χ3n) is 9.67. The van der Waals surface area contributed by atoms with Crippen LogP contribution in [-0.2, 0) is 38.7 Å². The van der Waals surface area contributed by atoms with Gasteiger partial charge in [-0.2, -0.15) is 8.42 Å². The zero-order chi connectivity index (χ0) is 42.0. The Hall–Kier alpha value is -2.39. The number of hydrogen-bond acceptors (Lipinski definition) is 11. The number of unbranched alkanes of at least 4 members (excludes halogenated alkanes) is 15. The zero-order valence-electron chi connectivity index (χ0n) is 34.9. The molecule has 0 aromatic rings. The average molecular weight is 829 g/mol. The maximum absolute atomic E-state index is 12.8. The molecule has 12 nitrogen and oxygen atoms in total. The van der Waals surface area contributed by atoms with Gasteiger partial charge in [-0.1, -0.05) is 146 Å². The van der Waals surface area contributed by atoms with Gasteiger partial charge in [0.1, 0.15) is 36.8 Å². The van der Waals surface area contributed by atoms with Crippen molar-refractivity contribution in [3.8, 4) is 0 Å². The number of hydrogen-bond donors (Lipinski definition) is 4. The van der Waals surface area contributed by atoms with Crippen molar-refractivity contribution in [2.45, 2.75) is 198 Å². The van der Waals surface area contributed by atoms with E-state index < -0.39 is 71.2 Å². The van der Waals surface area contributed by atoms with Crippen LogP contribution < -0.4 is 0 Å². The van der Waals surface area contributed by atoms with Crippen molar-refractivity contribution in [2.75, 3.05) is 19.0 Å². The molecule has 0 spiro atoms. The minimum atomic E-state index is -4.61. The van der Waals surface area contributed by atoms with Crippen LogP contribution in [0.2, 0.25) is 0 Å². The van der Waals surface area contributed by atoms with Crippen LogP contribution in [-0.4, -0.2) is 96.0 Å². The van der Waals surface area contributed by atoms with E-state index in [0.717, 1.165) is 57.8 Å². The lowest BCUT2D eigenvalue weighted by Crippen LogP contribution is -2.60. The van der Waals surface area contributed by atoms with Gasteiger partial charge < -0.3 is 34.3 Å². The van der Waals surface area contributed by atoms with Crippen molar-refractivity contribution in [3.05, 3.63) is 48.6 Å². The number of aliphatic hydroxyl groups is 3. The Morgan fingerprint density at radius 1 is 0.614 bits per heavy atom. The second-order valence-electron chi connectivity index (χ2n) is 15.0. The van der Waals surface area contributed by atoms with Gasteiger partial charge in [0.2, 0.25) is 0 Å². The lowest BCUT2D eigenvalue weighted by Gasteiger charge is -2.40. The number of esters is 2. The summed E-state index contributed by atoms with van der Waals surface area (Å²) in [7, 11) is -4.61. The first-order chi connectivity index (χ1) is 27.5. The fourth-order valence-corrected chi connectivity index (χ4v) is 7.00. The molecule has 57 heavy (non-hydrogen) atoms. The van der Waals surface area contributed by atoms with Gasteiger partial charge >= 0.3 is 11.9 Å². The second kappa shape index (κ2) is 34.5. The third kappa shape index (κ3) is 29.5. The smallest absolute Gasteiger partial charge is 0.306 e. The standard InChI is InChI=1S/C44H76O12S/c1-3-5-7-9-11-13-15-17-19-21-23-25-27-29-31-33-40(46)55-37(35-54-44-43(49)42(48)41(47)38(56-44)36-57(50,51)52)34-53-39(45)32-30-28-26-24-22-20-18-16-14-12-10-8-6-4-2/h5,7,11,13,17,19,23,25,37-38,41-44,47-49H,3-4,6,8-10,12,14-16,18,20-22,24,26-36H2,1-2H3,(H,50,51,52)/b7-5+,13-11+,19-17+,25-23+/t37-,38-,41-,42?,43?,44+/m1/s1. The summed E-state index contributed by atoms with van der Waals surface area (Å²) in [6.07, 6.45) is 30.2. The molecule has 2 unspecified atom stereocenters. The molecule has 6 atom stereocenters. The zero-order valence-corrected chi connectivity index (χ0v) is 35.7.